The minimum atomic E-state index is -0.294. The Morgan fingerprint density at radius 1 is 1.10 bits per heavy atom. The van der Waals surface area contributed by atoms with E-state index < -0.39 is 0 Å². The Balaban J connectivity index is 1.47. The van der Waals surface area contributed by atoms with Crippen molar-refractivity contribution in [2.75, 3.05) is 13.3 Å². The number of aryl methyl sites for hydroxylation is 1. The maximum absolute atomic E-state index is 12.8. The van der Waals surface area contributed by atoms with Gasteiger partial charge in [-0.1, -0.05) is 42.8 Å². The number of amides is 1. The molecule has 0 saturated carbocycles. The number of fused-ring (bicyclic) bond motifs is 1. The van der Waals surface area contributed by atoms with Gasteiger partial charge < -0.3 is 14.8 Å². The number of ether oxygens (including phenoxy) is 2. The van der Waals surface area contributed by atoms with Gasteiger partial charge in [0, 0.05) is 12.0 Å². The van der Waals surface area contributed by atoms with Crippen molar-refractivity contribution in [3.8, 4) is 17.2 Å². The van der Waals surface area contributed by atoms with Crippen molar-refractivity contribution in [2.45, 2.75) is 33.1 Å². The lowest BCUT2D eigenvalue weighted by atomic mass is 9.84. The number of benzene rings is 2. The molecule has 2 heterocycles. The van der Waals surface area contributed by atoms with Gasteiger partial charge in [-0.05, 0) is 43.7 Å². The molecular formula is C22H24N4O3. The van der Waals surface area contributed by atoms with Crippen LogP contribution < -0.4 is 14.8 Å². The van der Waals surface area contributed by atoms with E-state index in [0.717, 1.165) is 28.3 Å². The molecule has 150 valence electrons. The van der Waals surface area contributed by atoms with Crippen LogP contribution in [0.4, 0.5) is 0 Å². The SMILES string of the molecule is Cc1ccc(-n2nnc(C(=O)NCC(C)(C)c3ccc4c(c3)OCO4)c2C)cc1. The lowest BCUT2D eigenvalue weighted by Gasteiger charge is -2.25. The molecule has 2 aromatic carbocycles. The number of carbonyl (C=O) groups is 1. The van der Waals surface area contributed by atoms with E-state index in [1.54, 1.807) is 4.68 Å². The lowest BCUT2D eigenvalue weighted by molar-refractivity contribution is 0.0940. The summed E-state index contributed by atoms with van der Waals surface area (Å²) in [4.78, 5) is 12.8. The number of rotatable bonds is 5. The van der Waals surface area contributed by atoms with Gasteiger partial charge in [-0.25, -0.2) is 4.68 Å². The number of carbonyl (C=O) groups excluding carboxylic acids is 1. The van der Waals surface area contributed by atoms with E-state index in [1.807, 2.05) is 56.3 Å². The van der Waals surface area contributed by atoms with Gasteiger partial charge in [0.05, 0.1) is 11.4 Å². The summed E-state index contributed by atoms with van der Waals surface area (Å²) < 4.78 is 12.5. The second-order valence-corrected chi connectivity index (χ2v) is 7.91. The highest BCUT2D eigenvalue weighted by Gasteiger charge is 2.26. The number of hydrogen-bond acceptors (Lipinski definition) is 5. The van der Waals surface area contributed by atoms with Crippen LogP contribution in [0, 0.1) is 13.8 Å². The zero-order valence-electron chi connectivity index (χ0n) is 17.0. The first-order chi connectivity index (χ1) is 13.8. The van der Waals surface area contributed by atoms with Gasteiger partial charge in [0.25, 0.3) is 5.91 Å². The minimum Gasteiger partial charge on any atom is -0.454 e. The number of hydrogen-bond donors (Lipinski definition) is 1. The monoisotopic (exact) mass is 392 g/mol. The summed E-state index contributed by atoms with van der Waals surface area (Å²) in [6.45, 7) is 8.70. The Kier molecular flexibility index (Phi) is 4.74. The third kappa shape index (κ3) is 3.68. The number of aromatic nitrogens is 3. The molecule has 3 aromatic rings. The van der Waals surface area contributed by atoms with Crippen molar-refractivity contribution in [3.05, 3.63) is 65.0 Å². The van der Waals surface area contributed by atoms with Crippen LogP contribution in [0.25, 0.3) is 5.69 Å². The van der Waals surface area contributed by atoms with Crippen LogP contribution in [0.3, 0.4) is 0 Å². The zero-order chi connectivity index (χ0) is 20.6. The predicted octanol–water partition coefficient (Wildman–Crippen LogP) is 3.32. The van der Waals surface area contributed by atoms with E-state index in [9.17, 15) is 4.79 Å². The fraction of sp³-hybridized carbons (Fsp3) is 0.318. The highest BCUT2D eigenvalue weighted by molar-refractivity contribution is 5.93. The Morgan fingerprint density at radius 3 is 2.59 bits per heavy atom. The number of nitrogens with zero attached hydrogens (tertiary/aromatic N) is 3. The van der Waals surface area contributed by atoms with Gasteiger partial charge in [0.1, 0.15) is 0 Å². The van der Waals surface area contributed by atoms with Crippen LogP contribution >= 0.6 is 0 Å². The minimum absolute atomic E-state index is 0.241. The molecule has 1 aliphatic rings. The van der Waals surface area contributed by atoms with Crippen molar-refractivity contribution >= 4 is 5.91 Å². The van der Waals surface area contributed by atoms with Gasteiger partial charge >= 0.3 is 0 Å². The van der Waals surface area contributed by atoms with Gasteiger partial charge in [0.2, 0.25) is 6.79 Å². The Bertz CT molecular complexity index is 1050. The smallest absolute Gasteiger partial charge is 0.273 e. The first kappa shape index (κ1) is 19.0. The fourth-order valence-corrected chi connectivity index (χ4v) is 3.27. The van der Waals surface area contributed by atoms with E-state index in [-0.39, 0.29) is 18.1 Å². The van der Waals surface area contributed by atoms with Crippen LogP contribution in [0.15, 0.2) is 42.5 Å². The third-order valence-corrected chi connectivity index (χ3v) is 5.23. The summed E-state index contributed by atoms with van der Waals surface area (Å²) in [6.07, 6.45) is 0. The molecule has 29 heavy (non-hydrogen) atoms. The molecule has 0 bridgehead atoms. The van der Waals surface area contributed by atoms with Crippen molar-refractivity contribution in [2.24, 2.45) is 0 Å². The van der Waals surface area contributed by atoms with E-state index in [2.05, 4.69) is 29.5 Å². The van der Waals surface area contributed by atoms with Crippen molar-refractivity contribution < 1.29 is 14.3 Å². The summed E-state index contributed by atoms with van der Waals surface area (Å²) in [6, 6.07) is 13.8. The van der Waals surface area contributed by atoms with E-state index >= 15 is 0 Å². The summed E-state index contributed by atoms with van der Waals surface area (Å²) in [7, 11) is 0. The van der Waals surface area contributed by atoms with Crippen LogP contribution in [-0.4, -0.2) is 34.2 Å². The maximum atomic E-state index is 12.8. The molecule has 1 N–H and O–H groups in total. The van der Waals surface area contributed by atoms with Crippen molar-refractivity contribution in [1.82, 2.24) is 20.3 Å². The Morgan fingerprint density at radius 2 is 1.83 bits per heavy atom. The second-order valence-electron chi connectivity index (χ2n) is 7.91. The normalized spacial score (nSPS) is 12.8. The van der Waals surface area contributed by atoms with Crippen LogP contribution in [-0.2, 0) is 5.41 Å². The molecule has 0 saturated heterocycles. The highest BCUT2D eigenvalue weighted by atomic mass is 16.7. The van der Waals surface area contributed by atoms with E-state index in [0.29, 0.717) is 17.9 Å². The average molecular weight is 392 g/mol. The number of nitrogens with one attached hydrogen (secondary N) is 1. The zero-order valence-corrected chi connectivity index (χ0v) is 17.0. The molecule has 0 spiro atoms. The molecular weight excluding hydrogens is 368 g/mol. The molecule has 0 aliphatic carbocycles. The van der Waals surface area contributed by atoms with Crippen LogP contribution in [0.1, 0.15) is 41.2 Å². The molecule has 1 aromatic heterocycles. The molecule has 1 amide bonds. The van der Waals surface area contributed by atoms with Crippen LogP contribution in [0.2, 0.25) is 0 Å². The first-order valence-corrected chi connectivity index (χ1v) is 9.53. The van der Waals surface area contributed by atoms with Gasteiger partial charge in [-0.2, -0.15) is 0 Å². The van der Waals surface area contributed by atoms with Gasteiger partial charge in [-0.3, -0.25) is 4.79 Å². The van der Waals surface area contributed by atoms with Gasteiger partial charge in [0.15, 0.2) is 17.2 Å². The third-order valence-electron chi connectivity index (χ3n) is 5.23. The topological polar surface area (TPSA) is 78.3 Å². The molecule has 0 radical (unpaired) electrons. The molecule has 0 atom stereocenters. The summed E-state index contributed by atoms with van der Waals surface area (Å²) in [5, 5.41) is 11.2. The second kappa shape index (κ2) is 7.24. The summed E-state index contributed by atoms with van der Waals surface area (Å²) in [5.41, 5.74) is 3.83. The quantitative estimate of drug-likeness (QED) is 0.721. The lowest BCUT2D eigenvalue weighted by Crippen LogP contribution is -2.37. The molecule has 7 heteroatoms. The summed E-state index contributed by atoms with van der Waals surface area (Å²) in [5.74, 6) is 1.24. The largest absolute Gasteiger partial charge is 0.454 e. The van der Waals surface area contributed by atoms with Crippen molar-refractivity contribution in [1.29, 1.82) is 0 Å². The molecule has 0 fully saturated rings. The summed E-state index contributed by atoms with van der Waals surface area (Å²) >= 11 is 0. The maximum Gasteiger partial charge on any atom is 0.273 e. The van der Waals surface area contributed by atoms with E-state index in [1.165, 1.54) is 0 Å². The van der Waals surface area contributed by atoms with E-state index in [4.69, 9.17) is 9.47 Å². The van der Waals surface area contributed by atoms with Crippen molar-refractivity contribution in [3.63, 3.8) is 0 Å². The Labute approximate surface area is 169 Å². The molecule has 1 aliphatic heterocycles. The highest BCUT2D eigenvalue weighted by Crippen LogP contribution is 2.36. The Hall–Kier alpha value is -3.35. The average Bonchev–Trinajstić information content (AvgIpc) is 3.33. The fourth-order valence-electron chi connectivity index (χ4n) is 3.27. The van der Waals surface area contributed by atoms with Gasteiger partial charge in [-0.15, -0.1) is 5.10 Å². The molecule has 0 unspecified atom stereocenters. The molecule has 4 rings (SSSR count). The first-order valence-electron chi connectivity index (χ1n) is 9.53. The molecule has 7 nitrogen and oxygen atoms in total. The predicted molar refractivity (Wildman–Crippen MR) is 109 cm³/mol. The van der Waals surface area contributed by atoms with Crippen LogP contribution in [0.5, 0.6) is 11.5 Å². The standard InChI is InChI=1S/C22H24N4O3/c1-14-5-8-17(9-6-14)26-15(2)20(24-25-26)21(27)23-12-22(3,4)16-7-10-18-19(11-16)29-13-28-18/h5-11H,12-13H2,1-4H3,(H,23,27).